The van der Waals surface area contributed by atoms with Crippen LogP contribution < -0.4 is 5.73 Å². The molecule has 0 saturated carbocycles. The van der Waals surface area contributed by atoms with Gasteiger partial charge in [0.1, 0.15) is 0 Å². The lowest BCUT2D eigenvalue weighted by molar-refractivity contribution is -0.200. The summed E-state index contributed by atoms with van der Waals surface area (Å²) in [5, 5.41) is 0. The minimum absolute atomic E-state index is 0.120. The molecule has 1 fully saturated rings. The van der Waals surface area contributed by atoms with Gasteiger partial charge in [0, 0.05) is 6.54 Å². The number of hydrogen-bond acceptors (Lipinski definition) is 3. The van der Waals surface area contributed by atoms with E-state index in [0.717, 1.165) is 4.90 Å². The van der Waals surface area contributed by atoms with Crippen molar-refractivity contribution in [2.24, 2.45) is 5.73 Å². The van der Waals surface area contributed by atoms with Gasteiger partial charge in [-0.1, -0.05) is 0 Å². The van der Waals surface area contributed by atoms with Crippen LogP contribution in [0.5, 0.6) is 0 Å². The van der Waals surface area contributed by atoms with Crippen LogP contribution in [0.3, 0.4) is 0 Å². The second kappa shape index (κ2) is 4.13. The van der Waals surface area contributed by atoms with Crippen LogP contribution >= 0.6 is 0 Å². The highest BCUT2D eigenvalue weighted by atomic mass is 19.4. The van der Waals surface area contributed by atoms with E-state index in [1.807, 2.05) is 0 Å². The number of carbonyl (C=O) groups is 1. The van der Waals surface area contributed by atoms with Crippen molar-refractivity contribution in [3.63, 3.8) is 0 Å². The third-order valence-corrected chi connectivity index (χ3v) is 2.92. The molecule has 17 heavy (non-hydrogen) atoms. The van der Waals surface area contributed by atoms with Crippen LogP contribution in [0.15, 0.2) is 0 Å². The first kappa shape index (κ1) is 14.2. The van der Waals surface area contributed by atoms with Gasteiger partial charge in [-0.25, -0.2) is 0 Å². The molecule has 4 nitrogen and oxygen atoms in total. The predicted molar refractivity (Wildman–Crippen MR) is 55.3 cm³/mol. The maximum absolute atomic E-state index is 12.7. The number of nitrogens with zero attached hydrogens (tertiary/aromatic N) is 1. The largest absolute Gasteiger partial charge is 0.415 e. The zero-order valence-electron chi connectivity index (χ0n) is 10.1. The van der Waals surface area contributed by atoms with E-state index in [1.165, 1.54) is 0 Å². The van der Waals surface area contributed by atoms with Crippen molar-refractivity contribution in [1.82, 2.24) is 4.90 Å². The highest BCUT2D eigenvalue weighted by Gasteiger charge is 2.57. The number of morpholine rings is 1. The molecule has 1 aliphatic rings. The Bertz CT molecular complexity index is 313. The number of carbonyl (C=O) groups excluding carboxylic acids is 1. The number of halogens is 3. The van der Waals surface area contributed by atoms with Crippen molar-refractivity contribution in [1.29, 1.82) is 0 Å². The molecule has 1 rings (SSSR count). The quantitative estimate of drug-likeness (QED) is 0.756. The molecule has 0 aromatic heterocycles. The normalized spacial score (nSPS) is 24.3. The van der Waals surface area contributed by atoms with Crippen molar-refractivity contribution in [3.8, 4) is 0 Å². The lowest BCUT2D eigenvalue weighted by Crippen LogP contribution is -2.67. The number of amides is 1. The Labute approximate surface area is 97.9 Å². The molecule has 7 heteroatoms. The fraction of sp³-hybridized carbons (Fsp3) is 0.900. The highest BCUT2D eigenvalue weighted by Crippen LogP contribution is 2.32. The molecule has 1 amide bonds. The summed E-state index contributed by atoms with van der Waals surface area (Å²) in [7, 11) is 0. The first-order chi connectivity index (χ1) is 7.50. The van der Waals surface area contributed by atoms with Gasteiger partial charge in [0.2, 0.25) is 0 Å². The second-order valence-electron chi connectivity index (χ2n) is 5.02. The SMILES string of the molecule is CC1(C)COCCN1C(=O)C(C)(N)C(F)(F)F. The summed E-state index contributed by atoms with van der Waals surface area (Å²) in [5.41, 5.74) is 1.50. The molecule has 2 N–H and O–H groups in total. The van der Waals surface area contributed by atoms with Gasteiger partial charge < -0.3 is 15.4 Å². The third kappa shape index (κ3) is 2.55. The summed E-state index contributed by atoms with van der Waals surface area (Å²) in [4.78, 5) is 13.1. The van der Waals surface area contributed by atoms with E-state index in [4.69, 9.17) is 10.5 Å². The number of hydrogen-bond donors (Lipinski definition) is 1. The van der Waals surface area contributed by atoms with Crippen molar-refractivity contribution in [2.75, 3.05) is 19.8 Å². The van der Waals surface area contributed by atoms with Gasteiger partial charge in [0.15, 0.2) is 5.54 Å². The number of rotatable bonds is 1. The number of ether oxygens (including phenoxy) is 1. The van der Waals surface area contributed by atoms with E-state index < -0.39 is 23.2 Å². The molecule has 100 valence electrons. The topological polar surface area (TPSA) is 55.6 Å². The molecule has 0 aliphatic carbocycles. The summed E-state index contributed by atoms with van der Waals surface area (Å²) in [6.07, 6.45) is -4.77. The van der Waals surface area contributed by atoms with Crippen molar-refractivity contribution in [2.45, 2.75) is 38.0 Å². The van der Waals surface area contributed by atoms with E-state index in [9.17, 15) is 18.0 Å². The van der Waals surface area contributed by atoms with E-state index in [0.29, 0.717) is 6.92 Å². The molecule has 0 aromatic rings. The maximum atomic E-state index is 12.7. The molecular formula is C10H17F3N2O2. The van der Waals surface area contributed by atoms with Crippen LogP contribution in [0.25, 0.3) is 0 Å². The Kier molecular flexibility index (Phi) is 3.46. The number of alkyl halides is 3. The Hall–Kier alpha value is -0.820. The van der Waals surface area contributed by atoms with Crippen LogP contribution in [0.2, 0.25) is 0 Å². The maximum Gasteiger partial charge on any atom is 0.415 e. The zero-order chi connectivity index (χ0) is 13.5. The lowest BCUT2D eigenvalue weighted by atomic mass is 9.95. The highest BCUT2D eigenvalue weighted by molar-refractivity contribution is 5.87. The predicted octanol–water partition coefficient (Wildman–Crippen LogP) is 0.903. The van der Waals surface area contributed by atoms with E-state index in [2.05, 4.69) is 0 Å². The lowest BCUT2D eigenvalue weighted by Gasteiger charge is -2.45. The van der Waals surface area contributed by atoms with Gasteiger partial charge in [-0.3, -0.25) is 4.79 Å². The average Bonchev–Trinajstić information content (AvgIpc) is 2.14. The smallest absolute Gasteiger partial charge is 0.377 e. The van der Waals surface area contributed by atoms with Crippen molar-refractivity contribution < 1.29 is 22.7 Å². The molecule has 1 saturated heterocycles. The summed E-state index contributed by atoms with van der Waals surface area (Å²) in [6, 6.07) is 0. The minimum Gasteiger partial charge on any atom is -0.377 e. The van der Waals surface area contributed by atoms with Gasteiger partial charge in [-0.2, -0.15) is 13.2 Å². The summed E-state index contributed by atoms with van der Waals surface area (Å²) >= 11 is 0. The minimum atomic E-state index is -4.77. The van der Waals surface area contributed by atoms with E-state index in [-0.39, 0.29) is 19.8 Å². The van der Waals surface area contributed by atoms with Gasteiger partial charge in [0.25, 0.3) is 5.91 Å². The Morgan fingerprint density at radius 3 is 2.35 bits per heavy atom. The Balaban J connectivity index is 2.96. The van der Waals surface area contributed by atoms with E-state index in [1.54, 1.807) is 13.8 Å². The second-order valence-corrected chi connectivity index (χ2v) is 5.02. The summed E-state index contributed by atoms with van der Waals surface area (Å²) in [6.45, 7) is 4.54. The van der Waals surface area contributed by atoms with Crippen LogP contribution in [0.4, 0.5) is 13.2 Å². The standard InChI is InChI=1S/C10H17F3N2O2/c1-8(2)6-17-5-4-15(8)7(16)9(3,14)10(11,12)13/h4-6,14H2,1-3H3. The van der Waals surface area contributed by atoms with Crippen LogP contribution in [0, 0.1) is 0 Å². The summed E-state index contributed by atoms with van der Waals surface area (Å²) < 4.78 is 43.2. The van der Waals surface area contributed by atoms with Gasteiger partial charge >= 0.3 is 6.18 Å². The van der Waals surface area contributed by atoms with Crippen LogP contribution in [-0.4, -0.2) is 47.8 Å². The number of nitrogens with two attached hydrogens (primary N) is 1. The fourth-order valence-corrected chi connectivity index (χ4v) is 1.64. The molecule has 0 aromatic carbocycles. The first-order valence-electron chi connectivity index (χ1n) is 5.25. The zero-order valence-corrected chi connectivity index (χ0v) is 10.1. The molecule has 1 aliphatic heterocycles. The molecule has 1 heterocycles. The first-order valence-corrected chi connectivity index (χ1v) is 5.25. The molecule has 0 bridgehead atoms. The van der Waals surface area contributed by atoms with E-state index >= 15 is 0 Å². The van der Waals surface area contributed by atoms with Crippen molar-refractivity contribution in [3.05, 3.63) is 0 Å². The molecule has 0 spiro atoms. The molecule has 1 unspecified atom stereocenters. The van der Waals surface area contributed by atoms with Crippen LogP contribution in [-0.2, 0) is 9.53 Å². The molecule has 0 radical (unpaired) electrons. The van der Waals surface area contributed by atoms with Gasteiger partial charge in [-0.05, 0) is 20.8 Å². The Morgan fingerprint density at radius 1 is 1.41 bits per heavy atom. The Morgan fingerprint density at radius 2 is 1.94 bits per heavy atom. The molecule has 1 atom stereocenters. The summed E-state index contributed by atoms with van der Waals surface area (Å²) in [5.74, 6) is -1.11. The van der Waals surface area contributed by atoms with Crippen molar-refractivity contribution >= 4 is 5.91 Å². The third-order valence-electron chi connectivity index (χ3n) is 2.92. The van der Waals surface area contributed by atoms with Crippen LogP contribution in [0.1, 0.15) is 20.8 Å². The fourth-order valence-electron chi connectivity index (χ4n) is 1.64. The van der Waals surface area contributed by atoms with Gasteiger partial charge in [-0.15, -0.1) is 0 Å². The average molecular weight is 254 g/mol. The molecular weight excluding hydrogens is 237 g/mol. The van der Waals surface area contributed by atoms with Gasteiger partial charge in [0.05, 0.1) is 18.8 Å². The monoisotopic (exact) mass is 254 g/mol.